The van der Waals surface area contributed by atoms with Crippen LogP contribution in [0.1, 0.15) is 84.0 Å². The van der Waals surface area contributed by atoms with Crippen LogP contribution in [0.5, 0.6) is 0 Å². The van der Waals surface area contributed by atoms with E-state index in [0.717, 1.165) is 12.8 Å². The van der Waals surface area contributed by atoms with E-state index in [1.54, 1.807) is 0 Å². The SMILES string of the molecule is CCCCCCCCCCCC(=O)NC1CCC(=O)OC1=O. The van der Waals surface area contributed by atoms with Gasteiger partial charge in [0, 0.05) is 12.8 Å². The van der Waals surface area contributed by atoms with Crippen molar-refractivity contribution < 1.29 is 19.1 Å². The van der Waals surface area contributed by atoms with E-state index in [9.17, 15) is 14.4 Å². The first kappa shape index (κ1) is 18.7. The third kappa shape index (κ3) is 8.15. The second-order valence-electron chi connectivity index (χ2n) is 6.03. The molecule has 1 N–H and O–H groups in total. The number of hydrogen-bond acceptors (Lipinski definition) is 4. The quantitative estimate of drug-likeness (QED) is 0.361. The fourth-order valence-electron chi connectivity index (χ4n) is 2.61. The van der Waals surface area contributed by atoms with E-state index in [0.29, 0.717) is 12.8 Å². The first-order valence-corrected chi connectivity index (χ1v) is 8.67. The van der Waals surface area contributed by atoms with Crippen molar-refractivity contribution in [2.24, 2.45) is 0 Å². The molecular formula is C17H29NO4. The van der Waals surface area contributed by atoms with Gasteiger partial charge >= 0.3 is 11.9 Å². The highest BCUT2D eigenvalue weighted by Gasteiger charge is 2.29. The van der Waals surface area contributed by atoms with Crippen molar-refractivity contribution in [1.82, 2.24) is 5.32 Å². The monoisotopic (exact) mass is 311 g/mol. The van der Waals surface area contributed by atoms with Crippen LogP contribution in [0, 0.1) is 0 Å². The van der Waals surface area contributed by atoms with Gasteiger partial charge in [-0.15, -0.1) is 0 Å². The molecule has 1 aliphatic heterocycles. The molecule has 5 nitrogen and oxygen atoms in total. The summed E-state index contributed by atoms with van der Waals surface area (Å²) < 4.78 is 4.50. The normalized spacial score (nSPS) is 18.1. The van der Waals surface area contributed by atoms with E-state index in [-0.39, 0.29) is 12.3 Å². The maximum absolute atomic E-state index is 11.7. The molecule has 1 saturated heterocycles. The number of amides is 1. The molecule has 0 aromatic heterocycles. The highest BCUT2D eigenvalue weighted by molar-refractivity contribution is 5.93. The summed E-state index contributed by atoms with van der Waals surface area (Å²) in [5.74, 6) is -1.26. The Kier molecular flexibility index (Phi) is 9.51. The van der Waals surface area contributed by atoms with Crippen molar-refractivity contribution in [3.63, 3.8) is 0 Å². The third-order valence-corrected chi connectivity index (χ3v) is 3.98. The number of carbonyl (C=O) groups excluding carboxylic acids is 3. The molecule has 1 atom stereocenters. The Morgan fingerprint density at radius 2 is 1.64 bits per heavy atom. The number of cyclic esters (lactones) is 2. The van der Waals surface area contributed by atoms with Gasteiger partial charge in [-0.2, -0.15) is 0 Å². The Morgan fingerprint density at radius 1 is 1.05 bits per heavy atom. The standard InChI is InChI=1S/C17H29NO4/c1-2-3-4-5-6-7-8-9-10-11-15(19)18-14-12-13-16(20)22-17(14)21/h14H,2-13H2,1H3,(H,18,19). The van der Waals surface area contributed by atoms with E-state index in [1.165, 1.54) is 44.9 Å². The van der Waals surface area contributed by atoms with Crippen LogP contribution in [0.4, 0.5) is 0 Å². The molecular weight excluding hydrogens is 282 g/mol. The second-order valence-corrected chi connectivity index (χ2v) is 6.03. The highest BCUT2D eigenvalue weighted by Crippen LogP contribution is 2.12. The van der Waals surface area contributed by atoms with Gasteiger partial charge in [0.1, 0.15) is 6.04 Å². The average Bonchev–Trinajstić information content (AvgIpc) is 2.48. The maximum Gasteiger partial charge on any atom is 0.336 e. The van der Waals surface area contributed by atoms with Crippen molar-refractivity contribution in [3.8, 4) is 0 Å². The fourth-order valence-corrected chi connectivity index (χ4v) is 2.61. The summed E-state index contributed by atoms with van der Waals surface area (Å²) in [5.41, 5.74) is 0. The molecule has 1 unspecified atom stereocenters. The Labute approximate surface area is 133 Å². The molecule has 22 heavy (non-hydrogen) atoms. The topological polar surface area (TPSA) is 72.5 Å². The lowest BCUT2D eigenvalue weighted by molar-refractivity contribution is -0.166. The molecule has 0 aliphatic carbocycles. The highest BCUT2D eigenvalue weighted by atomic mass is 16.6. The zero-order valence-corrected chi connectivity index (χ0v) is 13.7. The number of nitrogens with one attached hydrogen (secondary N) is 1. The Morgan fingerprint density at radius 3 is 2.23 bits per heavy atom. The lowest BCUT2D eigenvalue weighted by Gasteiger charge is -2.20. The Balaban J connectivity index is 1.97. The minimum Gasteiger partial charge on any atom is -0.392 e. The summed E-state index contributed by atoms with van der Waals surface area (Å²) in [7, 11) is 0. The largest absolute Gasteiger partial charge is 0.392 e. The average molecular weight is 311 g/mol. The minimum absolute atomic E-state index is 0.126. The predicted molar refractivity (Wildman–Crippen MR) is 84.1 cm³/mol. The number of unbranched alkanes of at least 4 members (excludes halogenated alkanes) is 8. The van der Waals surface area contributed by atoms with Crippen LogP contribution in [-0.4, -0.2) is 23.9 Å². The van der Waals surface area contributed by atoms with Crippen molar-refractivity contribution in [3.05, 3.63) is 0 Å². The van der Waals surface area contributed by atoms with E-state index in [1.807, 2.05) is 0 Å². The zero-order chi connectivity index (χ0) is 16.2. The number of carbonyl (C=O) groups is 3. The van der Waals surface area contributed by atoms with Crippen LogP contribution in [0.15, 0.2) is 0 Å². The van der Waals surface area contributed by atoms with Gasteiger partial charge in [-0.1, -0.05) is 58.3 Å². The molecule has 0 bridgehead atoms. The number of ether oxygens (including phenoxy) is 1. The molecule has 1 rings (SSSR count). The summed E-state index contributed by atoms with van der Waals surface area (Å²) >= 11 is 0. The van der Waals surface area contributed by atoms with Crippen molar-refractivity contribution >= 4 is 17.8 Å². The van der Waals surface area contributed by atoms with Crippen molar-refractivity contribution in [2.75, 3.05) is 0 Å². The molecule has 1 aliphatic rings. The molecule has 1 fully saturated rings. The molecule has 126 valence electrons. The first-order chi connectivity index (χ1) is 10.6. The van der Waals surface area contributed by atoms with Gasteiger partial charge in [0.2, 0.25) is 5.91 Å². The molecule has 5 heteroatoms. The van der Waals surface area contributed by atoms with Gasteiger partial charge < -0.3 is 10.1 Å². The Hall–Kier alpha value is -1.39. The predicted octanol–water partition coefficient (Wildman–Crippen LogP) is 3.26. The smallest absolute Gasteiger partial charge is 0.336 e. The Bertz CT molecular complexity index is 368. The summed E-state index contributed by atoms with van der Waals surface area (Å²) in [5, 5.41) is 2.65. The van der Waals surface area contributed by atoms with E-state index >= 15 is 0 Å². The molecule has 1 amide bonds. The van der Waals surface area contributed by atoms with Crippen LogP contribution in [0.2, 0.25) is 0 Å². The molecule has 0 radical (unpaired) electrons. The lowest BCUT2D eigenvalue weighted by Crippen LogP contribution is -2.45. The molecule has 0 aromatic rings. The first-order valence-electron chi connectivity index (χ1n) is 8.67. The van der Waals surface area contributed by atoms with Gasteiger partial charge in [-0.3, -0.25) is 9.59 Å². The van der Waals surface area contributed by atoms with Crippen molar-refractivity contribution in [2.45, 2.75) is 90.0 Å². The van der Waals surface area contributed by atoms with Crippen molar-refractivity contribution in [1.29, 1.82) is 0 Å². The second kappa shape index (κ2) is 11.2. The third-order valence-electron chi connectivity index (χ3n) is 3.98. The number of hydrogen-bond donors (Lipinski definition) is 1. The van der Waals surface area contributed by atoms with Gasteiger partial charge in [-0.25, -0.2) is 4.79 Å². The summed E-state index contributed by atoms with van der Waals surface area (Å²) in [4.78, 5) is 34.1. The maximum atomic E-state index is 11.7. The van der Waals surface area contributed by atoms with Gasteiger partial charge in [0.25, 0.3) is 0 Å². The van der Waals surface area contributed by atoms with Gasteiger partial charge in [0.15, 0.2) is 0 Å². The van der Waals surface area contributed by atoms with Crippen LogP contribution in [0.25, 0.3) is 0 Å². The fraction of sp³-hybridized carbons (Fsp3) is 0.824. The van der Waals surface area contributed by atoms with E-state index in [2.05, 4.69) is 17.0 Å². The van der Waals surface area contributed by atoms with E-state index in [4.69, 9.17) is 0 Å². The summed E-state index contributed by atoms with van der Waals surface area (Å²) in [6.45, 7) is 2.22. The number of rotatable bonds is 11. The molecule has 1 heterocycles. The lowest BCUT2D eigenvalue weighted by atomic mass is 10.1. The molecule has 0 aromatic carbocycles. The number of esters is 2. The van der Waals surface area contributed by atoms with Crippen LogP contribution in [-0.2, 0) is 19.1 Å². The summed E-state index contributed by atoms with van der Waals surface area (Å²) in [6.07, 6.45) is 11.8. The summed E-state index contributed by atoms with van der Waals surface area (Å²) in [6, 6.07) is -0.649. The molecule has 0 spiro atoms. The zero-order valence-electron chi connectivity index (χ0n) is 13.7. The minimum atomic E-state index is -0.649. The van der Waals surface area contributed by atoms with Gasteiger partial charge in [0.05, 0.1) is 0 Å². The van der Waals surface area contributed by atoms with Gasteiger partial charge in [-0.05, 0) is 12.8 Å². The molecule has 0 saturated carbocycles. The van der Waals surface area contributed by atoms with E-state index < -0.39 is 18.0 Å². The van der Waals surface area contributed by atoms with Crippen LogP contribution < -0.4 is 5.32 Å². The van der Waals surface area contributed by atoms with Crippen LogP contribution >= 0.6 is 0 Å². The van der Waals surface area contributed by atoms with Crippen LogP contribution in [0.3, 0.4) is 0 Å².